The Balaban J connectivity index is 1.74. The molecule has 3 aromatic rings. The Bertz CT molecular complexity index is 2160. The first-order valence-corrected chi connectivity index (χ1v) is 24.9. The van der Waals surface area contributed by atoms with E-state index in [0.29, 0.717) is 42.9 Å². The van der Waals surface area contributed by atoms with Crippen LogP contribution in [0.2, 0.25) is 0 Å². The molecule has 0 spiro atoms. The first kappa shape index (κ1) is 55.1. The van der Waals surface area contributed by atoms with E-state index in [2.05, 4.69) is 88.2 Å². The van der Waals surface area contributed by atoms with Gasteiger partial charge < -0.3 is 29.4 Å². The van der Waals surface area contributed by atoms with Crippen molar-refractivity contribution in [2.24, 2.45) is 23.0 Å². The average molecular weight is 934 g/mol. The lowest BCUT2D eigenvalue weighted by molar-refractivity contribution is -0.150. The summed E-state index contributed by atoms with van der Waals surface area (Å²) in [5.74, 6) is -0.139. The van der Waals surface area contributed by atoms with Crippen molar-refractivity contribution >= 4 is 23.9 Å². The summed E-state index contributed by atoms with van der Waals surface area (Å²) < 4.78 is 29.2. The molecule has 68 heavy (non-hydrogen) atoms. The Morgan fingerprint density at radius 3 is 1.69 bits per heavy atom. The largest absolute Gasteiger partial charge is 0.492 e. The SMILES string of the molecule is C=C(C)C(=O)OCCCc1cc(-c2ccc(-c3ccc(C4CCC(CCCCC)CC4)cc3)cc2CC)cc(CCCOC(=O)C(C)C)c1OCC(CN)(COC(=O)C(=C)C)COC(=O)C(=C)C. The number of hydrogen-bond donors (Lipinski definition) is 1. The fourth-order valence-corrected chi connectivity index (χ4v) is 8.59. The fraction of sp³-hybridized carbons (Fsp3) is 0.517. The third-order valence-electron chi connectivity index (χ3n) is 13.0. The number of rotatable bonds is 28. The molecule has 3 aromatic carbocycles. The van der Waals surface area contributed by atoms with E-state index < -0.39 is 23.3 Å². The van der Waals surface area contributed by atoms with E-state index in [9.17, 15) is 19.2 Å². The zero-order valence-corrected chi connectivity index (χ0v) is 42.2. The molecule has 0 heterocycles. The van der Waals surface area contributed by atoms with E-state index in [1.54, 1.807) is 34.6 Å². The molecule has 1 aliphatic carbocycles. The molecule has 1 aliphatic rings. The summed E-state index contributed by atoms with van der Waals surface area (Å²) in [6.45, 7) is 23.7. The van der Waals surface area contributed by atoms with E-state index in [1.807, 2.05) is 0 Å². The highest BCUT2D eigenvalue weighted by Crippen LogP contribution is 2.40. The predicted octanol–water partition coefficient (Wildman–Crippen LogP) is 12.2. The van der Waals surface area contributed by atoms with E-state index in [0.717, 1.165) is 40.2 Å². The van der Waals surface area contributed by atoms with Crippen LogP contribution in [0.1, 0.15) is 141 Å². The highest BCUT2D eigenvalue weighted by molar-refractivity contribution is 5.88. The van der Waals surface area contributed by atoms with Crippen LogP contribution in [0.4, 0.5) is 0 Å². The summed E-state index contributed by atoms with van der Waals surface area (Å²) in [6, 6.07) is 20.1. The van der Waals surface area contributed by atoms with Crippen LogP contribution in [0.25, 0.3) is 22.3 Å². The number of nitrogens with two attached hydrogens (primary N) is 1. The smallest absolute Gasteiger partial charge is 0.333 e. The Morgan fingerprint density at radius 1 is 0.647 bits per heavy atom. The van der Waals surface area contributed by atoms with Gasteiger partial charge in [-0.15, -0.1) is 0 Å². The molecule has 0 aliphatic heterocycles. The molecule has 0 unspecified atom stereocenters. The van der Waals surface area contributed by atoms with Gasteiger partial charge in [-0.25, -0.2) is 14.4 Å². The van der Waals surface area contributed by atoms with Crippen LogP contribution < -0.4 is 10.5 Å². The predicted molar refractivity (Wildman–Crippen MR) is 272 cm³/mol. The van der Waals surface area contributed by atoms with Crippen molar-refractivity contribution < 1.29 is 42.9 Å². The third-order valence-corrected chi connectivity index (χ3v) is 13.0. The molecule has 1 fully saturated rings. The number of aryl methyl sites for hydroxylation is 3. The Morgan fingerprint density at radius 2 is 1.18 bits per heavy atom. The van der Waals surface area contributed by atoms with Crippen molar-refractivity contribution in [3.05, 3.63) is 113 Å². The van der Waals surface area contributed by atoms with Crippen LogP contribution >= 0.6 is 0 Å². The summed E-state index contributed by atoms with van der Waals surface area (Å²) in [4.78, 5) is 50.1. The molecule has 0 aromatic heterocycles. The van der Waals surface area contributed by atoms with Gasteiger partial charge in [-0.2, -0.15) is 0 Å². The second-order valence-electron chi connectivity index (χ2n) is 19.3. The van der Waals surface area contributed by atoms with Gasteiger partial charge in [-0.05, 0) is 147 Å². The number of hydrogen-bond acceptors (Lipinski definition) is 10. The number of benzene rings is 3. The number of unbranched alkanes of at least 4 members (excludes halogenated alkanes) is 2. The molecule has 10 heteroatoms. The van der Waals surface area contributed by atoms with Crippen molar-refractivity contribution in [1.29, 1.82) is 0 Å². The average Bonchev–Trinajstić information content (AvgIpc) is 3.33. The molecule has 10 nitrogen and oxygen atoms in total. The van der Waals surface area contributed by atoms with Crippen LogP contribution in [-0.2, 0) is 57.4 Å². The van der Waals surface area contributed by atoms with Crippen LogP contribution in [0.3, 0.4) is 0 Å². The van der Waals surface area contributed by atoms with Crippen LogP contribution in [0, 0.1) is 17.3 Å². The number of carbonyl (C=O) groups excluding carboxylic acids is 4. The normalized spacial score (nSPS) is 14.8. The van der Waals surface area contributed by atoms with Gasteiger partial charge in [0.1, 0.15) is 25.6 Å². The van der Waals surface area contributed by atoms with Gasteiger partial charge in [0.25, 0.3) is 0 Å². The van der Waals surface area contributed by atoms with E-state index in [-0.39, 0.29) is 62.6 Å². The lowest BCUT2D eigenvalue weighted by Gasteiger charge is -2.32. The maximum atomic E-state index is 12.6. The Kier molecular flexibility index (Phi) is 22.3. The molecule has 370 valence electrons. The standard InChI is InChI=1S/C58H79NO9/c1-11-13-14-17-43-20-22-45(23-21-43)46-24-26-47(27-25-46)48-28-29-52(44(12-2)32-48)51-33-49(18-15-30-64-54(60)39(3)4)53(50(34-51)19-16-31-65-55(61)40(5)6)66-36-58(35-59,37-67-56(62)41(7)8)38-68-57(63)42(9)10/h24-29,32-34,40,43,45H,3,7,9,11-23,30-31,35-38,59H2,1-2,4-6,8,10H3. The second-order valence-corrected chi connectivity index (χ2v) is 19.3. The lowest BCUT2D eigenvalue weighted by Crippen LogP contribution is -2.46. The van der Waals surface area contributed by atoms with Crippen molar-refractivity contribution in [2.45, 2.75) is 138 Å². The fourth-order valence-electron chi connectivity index (χ4n) is 8.59. The number of carbonyl (C=O) groups is 4. The molecule has 4 rings (SSSR count). The minimum absolute atomic E-state index is 0.0557. The first-order valence-electron chi connectivity index (χ1n) is 24.9. The second kappa shape index (κ2) is 27.5. The Hall–Kier alpha value is -5.48. The van der Waals surface area contributed by atoms with E-state index >= 15 is 0 Å². The highest BCUT2D eigenvalue weighted by atomic mass is 16.6. The lowest BCUT2D eigenvalue weighted by atomic mass is 9.77. The Labute approximate surface area is 407 Å². The zero-order valence-electron chi connectivity index (χ0n) is 42.2. The molecule has 1 saturated carbocycles. The number of ether oxygens (including phenoxy) is 5. The van der Waals surface area contributed by atoms with Crippen LogP contribution in [-0.4, -0.2) is 63.5 Å². The third kappa shape index (κ3) is 16.6. The van der Waals surface area contributed by atoms with Gasteiger partial charge in [-0.3, -0.25) is 4.79 Å². The van der Waals surface area contributed by atoms with Gasteiger partial charge in [0, 0.05) is 23.3 Å². The minimum Gasteiger partial charge on any atom is -0.492 e. The van der Waals surface area contributed by atoms with Gasteiger partial charge in [-0.1, -0.05) is 116 Å². The van der Waals surface area contributed by atoms with Gasteiger partial charge in [0.15, 0.2) is 0 Å². The van der Waals surface area contributed by atoms with Crippen LogP contribution in [0.5, 0.6) is 5.75 Å². The van der Waals surface area contributed by atoms with Crippen molar-refractivity contribution in [3.63, 3.8) is 0 Å². The van der Waals surface area contributed by atoms with E-state index in [4.69, 9.17) is 29.4 Å². The highest BCUT2D eigenvalue weighted by Gasteiger charge is 2.35. The van der Waals surface area contributed by atoms with Crippen molar-refractivity contribution in [3.8, 4) is 28.0 Å². The summed E-state index contributed by atoms with van der Waals surface area (Å²) in [5.41, 5.74) is 14.7. The van der Waals surface area contributed by atoms with Gasteiger partial charge in [0.2, 0.25) is 0 Å². The molecule has 0 radical (unpaired) electrons. The molecule has 0 atom stereocenters. The maximum absolute atomic E-state index is 12.6. The zero-order chi connectivity index (χ0) is 49.8. The van der Waals surface area contributed by atoms with Crippen molar-refractivity contribution in [2.75, 3.05) is 39.6 Å². The van der Waals surface area contributed by atoms with Gasteiger partial charge >= 0.3 is 23.9 Å². The summed E-state index contributed by atoms with van der Waals surface area (Å²) >= 11 is 0. The quantitative estimate of drug-likeness (QED) is 0.0324. The minimum atomic E-state index is -1.15. The molecule has 0 amide bonds. The van der Waals surface area contributed by atoms with Crippen molar-refractivity contribution in [1.82, 2.24) is 0 Å². The monoisotopic (exact) mass is 934 g/mol. The molecular weight excluding hydrogens is 855 g/mol. The number of esters is 4. The molecule has 0 saturated heterocycles. The molecular formula is C58H79NO9. The first-order chi connectivity index (χ1) is 32.5. The maximum Gasteiger partial charge on any atom is 0.333 e. The topological polar surface area (TPSA) is 140 Å². The van der Waals surface area contributed by atoms with Crippen LogP contribution in [0.15, 0.2) is 91.1 Å². The molecule has 0 bridgehead atoms. The summed E-state index contributed by atoms with van der Waals surface area (Å²) in [6.07, 6.45) is 13.3. The molecule has 2 N–H and O–H groups in total. The summed E-state index contributed by atoms with van der Waals surface area (Å²) in [5, 5.41) is 0. The van der Waals surface area contributed by atoms with E-state index in [1.165, 1.54) is 68.1 Å². The summed E-state index contributed by atoms with van der Waals surface area (Å²) in [7, 11) is 0. The van der Waals surface area contributed by atoms with Gasteiger partial charge in [0.05, 0.1) is 24.5 Å².